The standard InChI is InChI=1S/C36H58O2/c1-34(2,3)28(23-22-27-18-14-13-15-19-27)24-25-30-29(20-16-11-12-17-21-33(37)38-10)31(35(4,5)6)26-32(30)36(7,8)9/h11,13-16,18-19,24-25,28-32H,12,17,20-23,26H2,1-10H3/t28-,29+,30+,31-,32+/m0/s1. The van der Waals surface area contributed by atoms with Gasteiger partial charge in [0.1, 0.15) is 0 Å². The van der Waals surface area contributed by atoms with Crippen LogP contribution < -0.4 is 0 Å². The Bertz CT molecular complexity index is 888. The van der Waals surface area contributed by atoms with Gasteiger partial charge in [-0.1, -0.05) is 117 Å². The van der Waals surface area contributed by atoms with Crippen LogP contribution in [0.3, 0.4) is 0 Å². The minimum Gasteiger partial charge on any atom is -0.469 e. The van der Waals surface area contributed by atoms with E-state index in [0.29, 0.717) is 36.0 Å². The van der Waals surface area contributed by atoms with Crippen LogP contribution in [0.25, 0.3) is 0 Å². The molecule has 0 aliphatic heterocycles. The lowest BCUT2D eigenvalue weighted by molar-refractivity contribution is -0.140. The number of methoxy groups -OCH3 is 1. The molecule has 0 N–H and O–H groups in total. The molecular weight excluding hydrogens is 464 g/mol. The van der Waals surface area contributed by atoms with Crippen LogP contribution in [0.5, 0.6) is 0 Å². The van der Waals surface area contributed by atoms with Gasteiger partial charge in [-0.2, -0.15) is 0 Å². The number of hydrogen-bond donors (Lipinski definition) is 0. The van der Waals surface area contributed by atoms with Crippen molar-refractivity contribution in [2.24, 2.45) is 45.8 Å². The second kappa shape index (κ2) is 14.0. The number of esters is 1. The summed E-state index contributed by atoms with van der Waals surface area (Å²) in [4.78, 5) is 11.5. The van der Waals surface area contributed by atoms with E-state index in [0.717, 1.165) is 25.7 Å². The molecule has 2 rings (SSSR count). The minimum absolute atomic E-state index is 0.110. The zero-order chi connectivity index (χ0) is 28.6. The predicted molar refractivity (Wildman–Crippen MR) is 164 cm³/mol. The quantitative estimate of drug-likeness (QED) is 0.164. The Morgan fingerprint density at radius 2 is 1.58 bits per heavy atom. The highest BCUT2D eigenvalue weighted by Gasteiger charge is 2.49. The van der Waals surface area contributed by atoms with Gasteiger partial charge in [-0.15, -0.1) is 0 Å². The molecule has 0 radical (unpaired) electrons. The summed E-state index contributed by atoms with van der Waals surface area (Å²) in [5, 5.41) is 0. The van der Waals surface area contributed by atoms with Crippen molar-refractivity contribution in [1.82, 2.24) is 0 Å². The van der Waals surface area contributed by atoms with Crippen molar-refractivity contribution in [2.75, 3.05) is 7.11 Å². The van der Waals surface area contributed by atoms with Crippen molar-refractivity contribution in [3.8, 4) is 0 Å². The number of allylic oxidation sites excluding steroid dienone is 4. The Kier molecular flexibility index (Phi) is 11.9. The van der Waals surface area contributed by atoms with Crippen molar-refractivity contribution < 1.29 is 9.53 Å². The zero-order valence-corrected chi connectivity index (χ0v) is 26.3. The van der Waals surface area contributed by atoms with Crippen LogP contribution in [-0.4, -0.2) is 13.1 Å². The average Bonchev–Trinajstić information content (AvgIpc) is 3.20. The van der Waals surface area contributed by atoms with Gasteiger partial charge in [0.05, 0.1) is 7.11 Å². The molecular formula is C36H58O2. The van der Waals surface area contributed by atoms with Gasteiger partial charge >= 0.3 is 5.97 Å². The SMILES string of the molecule is COC(=O)CCCC=CC[C@@H]1[C@@H](C=C[C@H](CCc2ccccc2)C(C)(C)C)[C@H](C(C)(C)C)C[C@@H]1C(C)(C)C. The summed E-state index contributed by atoms with van der Waals surface area (Å²) in [5.41, 5.74) is 2.23. The Balaban J connectivity index is 2.27. The number of rotatable bonds is 11. The third kappa shape index (κ3) is 10.0. The Labute approximate surface area is 235 Å². The Hall–Kier alpha value is -1.83. The largest absolute Gasteiger partial charge is 0.469 e. The molecule has 0 heterocycles. The number of ether oxygens (including phenoxy) is 1. The van der Waals surface area contributed by atoms with Crippen LogP contribution in [-0.2, 0) is 16.0 Å². The van der Waals surface area contributed by atoms with E-state index in [4.69, 9.17) is 4.74 Å². The summed E-state index contributed by atoms with van der Waals surface area (Å²) in [6, 6.07) is 10.9. The van der Waals surface area contributed by atoms with E-state index >= 15 is 0 Å². The topological polar surface area (TPSA) is 26.3 Å². The fraction of sp³-hybridized carbons (Fsp3) is 0.694. The lowest BCUT2D eigenvalue weighted by Gasteiger charge is -2.35. The maximum atomic E-state index is 11.5. The molecule has 1 aliphatic rings. The van der Waals surface area contributed by atoms with E-state index in [-0.39, 0.29) is 22.2 Å². The van der Waals surface area contributed by atoms with Crippen LogP contribution >= 0.6 is 0 Å². The third-order valence-corrected chi connectivity index (χ3v) is 9.03. The van der Waals surface area contributed by atoms with Gasteiger partial charge in [0.25, 0.3) is 0 Å². The molecule has 0 bridgehead atoms. The highest BCUT2D eigenvalue weighted by Crippen LogP contribution is 2.56. The Morgan fingerprint density at radius 1 is 0.947 bits per heavy atom. The molecule has 1 fully saturated rings. The summed E-state index contributed by atoms with van der Waals surface area (Å²) < 4.78 is 4.79. The summed E-state index contributed by atoms with van der Waals surface area (Å²) >= 11 is 0. The van der Waals surface area contributed by atoms with Crippen molar-refractivity contribution in [3.05, 3.63) is 60.2 Å². The van der Waals surface area contributed by atoms with Gasteiger partial charge < -0.3 is 4.74 Å². The fourth-order valence-corrected chi connectivity index (χ4v) is 6.58. The van der Waals surface area contributed by atoms with Crippen molar-refractivity contribution in [2.45, 2.75) is 107 Å². The first-order chi connectivity index (χ1) is 17.6. The van der Waals surface area contributed by atoms with Gasteiger partial charge in [-0.25, -0.2) is 0 Å². The molecule has 38 heavy (non-hydrogen) atoms. The smallest absolute Gasteiger partial charge is 0.305 e. The first-order valence-corrected chi connectivity index (χ1v) is 15.1. The van der Waals surface area contributed by atoms with E-state index in [2.05, 4.69) is 117 Å². The first kappa shape index (κ1) is 32.4. The summed E-state index contributed by atoms with van der Waals surface area (Å²) in [6.07, 6.45) is 17.0. The normalized spacial score (nSPS) is 23.8. The van der Waals surface area contributed by atoms with E-state index in [1.165, 1.54) is 25.5 Å². The summed E-state index contributed by atoms with van der Waals surface area (Å²) in [7, 11) is 1.47. The van der Waals surface area contributed by atoms with Crippen LogP contribution in [0.1, 0.15) is 106 Å². The molecule has 214 valence electrons. The molecule has 0 spiro atoms. The lowest BCUT2D eigenvalue weighted by atomic mass is 9.70. The van der Waals surface area contributed by atoms with Gasteiger partial charge in [-0.3, -0.25) is 4.79 Å². The number of aryl methyl sites for hydroxylation is 1. The van der Waals surface area contributed by atoms with Crippen molar-refractivity contribution in [1.29, 1.82) is 0 Å². The van der Waals surface area contributed by atoms with Crippen LogP contribution in [0.2, 0.25) is 0 Å². The fourth-order valence-electron chi connectivity index (χ4n) is 6.58. The summed E-state index contributed by atoms with van der Waals surface area (Å²) in [6.45, 7) is 21.8. The Morgan fingerprint density at radius 3 is 2.13 bits per heavy atom. The highest BCUT2D eigenvalue weighted by atomic mass is 16.5. The molecule has 1 aromatic rings. The van der Waals surface area contributed by atoms with Gasteiger partial charge in [-0.05, 0) is 89.9 Å². The van der Waals surface area contributed by atoms with E-state index in [1.54, 1.807) is 0 Å². The minimum atomic E-state index is -0.110. The van der Waals surface area contributed by atoms with E-state index in [1.807, 2.05) is 0 Å². The molecule has 5 atom stereocenters. The van der Waals surface area contributed by atoms with E-state index < -0.39 is 0 Å². The van der Waals surface area contributed by atoms with Crippen molar-refractivity contribution in [3.63, 3.8) is 0 Å². The summed E-state index contributed by atoms with van der Waals surface area (Å²) in [5.74, 6) is 3.03. The van der Waals surface area contributed by atoms with Gasteiger partial charge in [0, 0.05) is 6.42 Å². The van der Waals surface area contributed by atoms with Crippen LogP contribution in [0.4, 0.5) is 0 Å². The zero-order valence-electron chi connectivity index (χ0n) is 26.3. The first-order valence-electron chi connectivity index (χ1n) is 15.1. The van der Waals surface area contributed by atoms with Gasteiger partial charge in [0.2, 0.25) is 0 Å². The number of unbranched alkanes of at least 4 members (excludes halogenated alkanes) is 1. The predicted octanol–water partition coefficient (Wildman–Crippen LogP) is 10.1. The number of carbonyl (C=O) groups is 1. The molecule has 0 saturated heterocycles. The highest BCUT2D eigenvalue weighted by molar-refractivity contribution is 5.69. The monoisotopic (exact) mass is 522 g/mol. The number of hydrogen-bond acceptors (Lipinski definition) is 2. The molecule has 1 aromatic carbocycles. The van der Waals surface area contributed by atoms with Crippen LogP contribution in [0.15, 0.2) is 54.6 Å². The van der Waals surface area contributed by atoms with Gasteiger partial charge in [0.15, 0.2) is 0 Å². The molecule has 2 heteroatoms. The third-order valence-electron chi connectivity index (χ3n) is 9.03. The maximum absolute atomic E-state index is 11.5. The number of carbonyl (C=O) groups excluding carboxylic acids is 1. The second-order valence-corrected chi connectivity index (χ2v) is 15.0. The molecule has 2 nitrogen and oxygen atoms in total. The molecule has 0 amide bonds. The van der Waals surface area contributed by atoms with Crippen LogP contribution in [0, 0.1) is 45.8 Å². The second-order valence-electron chi connectivity index (χ2n) is 15.0. The lowest BCUT2D eigenvalue weighted by Crippen LogP contribution is -2.27. The van der Waals surface area contributed by atoms with Crippen molar-refractivity contribution >= 4 is 5.97 Å². The average molecular weight is 523 g/mol. The molecule has 1 aliphatic carbocycles. The van der Waals surface area contributed by atoms with E-state index in [9.17, 15) is 4.79 Å². The molecule has 1 saturated carbocycles. The molecule has 0 aromatic heterocycles. The molecule has 0 unspecified atom stereocenters. The number of benzene rings is 1. The maximum Gasteiger partial charge on any atom is 0.305 e.